The number of aryl methyl sites for hydroxylation is 1. The lowest BCUT2D eigenvalue weighted by Gasteiger charge is -2.27. The Bertz CT molecular complexity index is 1130. The van der Waals surface area contributed by atoms with Crippen LogP contribution in [-0.2, 0) is 5.41 Å². The number of allylic oxidation sites excluding steroid dienone is 10. The monoisotopic (exact) mass is 676 g/mol. The first kappa shape index (κ1) is 37.5. The minimum absolute atomic E-state index is 0.0956. The first-order chi connectivity index (χ1) is 19.4. The fraction of sp³-hybridized carbons (Fsp3) is 0.394. The molecule has 0 fully saturated rings. The number of nitrogens with zero attached hydrogens (tertiary/aromatic N) is 2. The molecule has 0 radical (unpaired) electrons. The van der Waals surface area contributed by atoms with E-state index in [9.17, 15) is 10.2 Å². The number of rotatable bonds is 9. The molecule has 3 rings (SSSR count). The van der Waals surface area contributed by atoms with Crippen LogP contribution in [0.2, 0.25) is 0 Å². The van der Waals surface area contributed by atoms with Crippen molar-refractivity contribution < 1.29 is 14.7 Å². The molecule has 0 amide bonds. The summed E-state index contributed by atoms with van der Waals surface area (Å²) in [5.74, 6) is 2.88. The maximum Gasteiger partial charge on any atom is 0.235 e. The van der Waals surface area contributed by atoms with Gasteiger partial charge in [-0.2, -0.15) is 4.98 Å². The summed E-state index contributed by atoms with van der Waals surface area (Å²) < 4.78 is 6.21. The molecule has 0 bridgehead atoms. The molecule has 1 aliphatic carbocycles. The molecule has 2 aromatic rings. The first-order valence-electron chi connectivity index (χ1n) is 13.6. The molecule has 1 aliphatic rings. The number of alkyl halides is 1. The molecule has 220 valence electrons. The third-order valence-corrected chi connectivity index (χ3v) is 6.66. The molecule has 0 saturated carbocycles. The molecule has 0 spiro atoms. The van der Waals surface area contributed by atoms with Crippen molar-refractivity contribution in [3.05, 3.63) is 113 Å². The maximum atomic E-state index is 10.3. The molecule has 40 heavy (non-hydrogen) atoms. The van der Waals surface area contributed by atoms with E-state index in [1.54, 1.807) is 12.2 Å². The van der Waals surface area contributed by atoms with Crippen LogP contribution in [0.25, 0.3) is 5.57 Å². The van der Waals surface area contributed by atoms with Gasteiger partial charge in [0.2, 0.25) is 5.89 Å². The van der Waals surface area contributed by atoms with Crippen LogP contribution >= 0.6 is 31.9 Å². The van der Waals surface area contributed by atoms with Gasteiger partial charge in [-0.3, -0.25) is 0 Å². The van der Waals surface area contributed by atoms with E-state index < -0.39 is 5.41 Å². The number of hydrogen-bond acceptors (Lipinski definition) is 5. The van der Waals surface area contributed by atoms with Gasteiger partial charge in [-0.25, -0.2) is 0 Å². The topological polar surface area (TPSA) is 79.4 Å². The minimum atomic E-state index is -0.654. The Morgan fingerprint density at radius 3 is 2.40 bits per heavy atom. The number of halogens is 2. The van der Waals surface area contributed by atoms with Crippen LogP contribution in [-0.4, -0.2) is 32.8 Å². The summed E-state index contributed by atoms with van der Waals surface area (Å²) in [6, 6.07) is 10.3. The normalized spacial score (nSPS) is 17.8. The fourth-order valence-corrected chi connectivity index (χ4v) is 4.16. The van der Waals surface area contributed by atoms with Gasteiger partial charge in [0.1, 0.15) is 5.76 Å². The molecule has 1 aromatic heterocycles. The SMILES string of the molecule is C=C/C=C(\C/C=C\C)CC(CC)(CO)c1nc(/C2=C/C(Br)=C(/O)C=CCC2)no1.CBr.CC.Cc1ccccc1. The van der Waals surface area contributed by atoms with E-state index in [0.29, 0.717) is 29.0 Å². The van der Waals surface area contributed by atoms with Crippen molar-refractivity contribution in [2.24, 2.45) is 0 Å². The highest BCUT2D eigenvalue weighted by Crippen LogP contribution is 2.36. The van der Waals surface area contributed by atoms with E-state index in [1.807, 2.05) is 76.0 Å². The van der Waals surface area contributed by atoms with Crippen molar-refractivity contribution >= 4 is 37.4 Å². The summed E-state index contributed by atoms with van der Waals surface area (Å²) in [5, 5.41) is 24.4. The van der Waals surface area contributed by atoms with Gasteiger partial charge in [0.15, 0.2) is 5.82 Å². The zero-order chi connectivity index (χ0) is 30.4. The van der Waals surface area contributed by atoms with Crippen molar-refractivity contribution in [2.45, 2.75) is 72.1 Å². The van der Waals surface area contributed by atoms with Crippen LogP contribution in [0.4, 0.5) is 0 Å². The summed E-state index contributed by atoms with van der Waals surface area (Å²) in [7, 11) is 0. The van der Waals surface area contributed by atoms with Gasteiger partial charge in [0.05, 0.1) is 16.5 Å². The zero-order valence-electron chi connectivity index (χ0n) is 24.8. The van der Waals surface area contributed by atoms with E-state index in [4.69, 9.17) is 4.52 Å². The van der Waals surface area contributed by atoms with E-state index in [-0.39, 0.29) is 12.4 Å². The standard InChI is InChI=1S/C23H29BrN2O3.C7H8.C2H6.CH3Br/c1-4-7-11-17(10-5-2)15-23(6-3,16-27)22-25-21(26-29-22)18-12-8-9-13-20(28)19(24)14-18;1-7-5-3-2-4-6-7;2*1-2/h4-5,7,9-10,13-14,27-28H,2,6,8,11-12,15-16H2,1,3H3;2-6H,1H3;1-2H3;1H3/b7-4-,13-9?,17-10+,18-14+,20-19-;;;. The van der Waals surface area contributed by atoms with Crippen LogP contribution in [0, 0.1) is 6.92 Å². The lowest BCUT2D eigenvalue weighted by Crippen LogP contribution is -2.31. The van der Waals surface area contributed by atoms with Gasteiger partial charge in [-0.15, -0.1) is 0 Å². The van der Waals surface area contributed by atoms with Gasteiger partial charge in [0.25, 0.3) is 0 Å². The smallest absolute Gasteiger partial charge is 0.235 e. The van der Waals surface area contributed by atoms with Crippen molar-refractivity contribution in [3.63, 3.8) is 0 Å². The highest BCUT2D eigenvalue weighted by Gasteiger charge is 2.37. The van der Waals surface area contributed by atoms with Gasteiger partial charge in [0, 0.05) is 5.57 Å². The molecule has 1 unspecified atom stereocenters. The van der Waals surface area contributed by atoms with E-state index in [2.05, 4.69) is 73.7 Å². The highest BCUT2D eigenvalue weighted by molar-refractivity contribution is 9.12. The molecule has 1 atom stereocenters. The molecule has 2 N–H and O–H groups in total. The molecule has 0 saturated heterocycles. The third-order valence-electron chi connectivity index (χ3n) is 6.02. The molecule has 0 aliphatic heterocycles. The van der Waals surface area contributed by atoms with Crippen LogP contribution in [0.3, 0.4) is 0 Å². The van der Waals surface area contributed by atoms with Crippen molar-refractivity contribution in [3.8, 4) is 0 Å². The Labute approximate surface area is 258 Å². The molecule has 1 heterocycles. The van der Waals surface area contributed by atoms with Crippen LogP contribution < -0.4 is 0 Å². The van der Waals surface area contributed by atoms with Gasteiger partial charge >= 0.3 is 0 Å². The first-order valence-corrected chi connectivity index (χ1v) is 16.0. The molecule has 7 heteroatoms. The summed E-state index contributed by atoms with van der Waals surface area (Å²) in [6.45, 7) is 13.8. The van der Waals surface area contributed by atoms with Crippen molar-refractivity contribution in [2.75, 3.05) is 12.4 Å². The summed E-state index contributed by atoms with van der Waals surface area (Å²) in [5.41, 5.74) is 2.67. The van der Waals surface area contributed by atoms with Gasteiger partial charge in [-0.1, -0.05) is 120 Å². The van der Waals surface area contributed by atoms with Crippen molar-refractivity contribution in [1.29, 1.82) is 0 Å². The quantitative estimate of drug-likeness (QED) is 0.157. The molecule has 1 aromatic carbocycles. The largest absolute Gasteiger partial charge is 0.507 e. The fourth-order valence-electron chi connectivity index (χ4n) is 3.75. The van der Waals surface area contributed by atoms with E-state index >= 15 is 0 Å². The predicted octanol–water partition coefficient (Wildman–Crippen LogP) is 10.1. The Morgan fingerprint density at radius 1 is 1.20 bits per heavy atom. The van der Waals surface area contributed by atoms with Crippen LogP contribution in [0.15, 0.2) is 99.8 Å². The lowest BCUT2D eigenvalue weighted by molar-refractivity contribution is 0.149. The maximum absolute atomic E-state index is 10.3. The van der Waals surface area contributed by atoms with E-state index in [0.717, 1.165) is 30.4 Å². The molecular weight excluding hydrogens is 632 g/mol. The second-order valence-corrected chi connectivity index (χ2v) is 9.58. The van der Waals surface area contributed by atoms with E-state index in [1.165, 1.54) is 5.56 Å². The van der Waals surface area contributed by atoms with Gasteiger partial charge in [-0.05, 0) is 79.9 Å². The average molecular weight is 679 g/mol. The number of aromatic nitrogens is 2. The number of aliphatic hydroxyl groups is 2. The average Bonchev–Trinajstić information content (AvgIpc) is 3.49. The van der Waals surface area contributed by atoms with Crippen LogP contribution in [0.5, 0.6) is 0 Å². The second-order valence-electron chi connectivity index (χ2n) is 8.72. The Morgan fingerprint density at radius 2 is 1.88 bits per heavy atom. The summed E-state index contributed by atoms with van der Waals surface area (Å²) in [4.78, 5) is 4.65. The van der Waals surface area contributed by atoms with Crippen LogP contribution in [0.1, 0.15) is 77.1 Å². The molecule has 5 nitrogen and oxygen atoms in total. The number of hydrogen-bond donors (Lipinski definition) is 2. The van der Waals surface area contributed by atoms with Crippen molar-refractivity contribution in [1.82, 2.24) is 10.1 Å². The lowest BCUT2D eigenvalue weighted by atomic mass is 9.78. The predicted molar refractivity (Wildman–Crippen MR) is 178 cm³/mol. The summed E-state index contributed by atoms with van der Waals surface area (Å²) in [6.07, 6.45) is 16.7. The zero-order valence-corrected chi connectivity index (χ0v) is 28.0. The molecular formula is C33H46Br2N2O3. The Balaban J connectivity index is 0.00000117. The number of benzene rings is 1. The second kappa shape index (κ2) is 22.2. The summed E-state index contributed by atoms with van der Waals surface area (Å²) >= 11 is 6.31. The highest BCUT2D eigenvalue weighted by atomic mass is 79.9. The third kappa shape index (κ3) is 12.8. The Kier molecular flexibility index (Phi) is 20.9. The van der Waals surface area contributed by atoms with Gasteiger partial charge < -0.3 is 14.7 Å². The number of aliphatic hydroxyl groups excluding tert-OH is 2. The minimum Gasteiger partial charge on any atom is -0.507 e. The Hall–Kier alpha value is -2.48.